The highest BCUT2D eigenvalue weighted by Gasteiger charge is 2.18. The molecule has 3 aromatic carbocycles. The first-order chi connectivity index (χ1) is 16.8. The van der Waals surface area contributed by atoms with E-state index in [2.05, 4.69) is 4.72 Å². The molecule has 3 rings (SSSR count). The predicted molar refractivity (Wildman–Crippen MR) is 136 cm³/mol. The third-order valence-electron chi connectivity index (χ3n) is 5.13. The molecule has 186 valence electrons. The number of hydrogen-bond donors (Lipinski definition) is 2. The molecule has 3 N–H and O–H groups in total. The molecule has 0 spiro atoms. The molecule has 0 aliphatic heterocycles. The van der Waals surface area contributed by atoms with Crippen molar-refractivity contribution in [3.05, 3.63) is 59.7 Å². The topological polar surface area (TPSA) is 118 Å². The number of nitrogens with one attached hydrogen (secondary N) is 1. The van der Waals surface area contributed by atoms with E-state index in [1.807, 2.05) is 0 Å². The quantitative estimate of drug-likeness (QED) is 0.313. The van der Waals surface area contributed by atoms with Crippen LogP contribution in [-0.4, -0.2) is 44.0 Å². The Bertz CT molecular complexity index is 1300. The summed E-state index contributed by atoms with van der Waals surface area (Å²) in [5.74, 6) is 2.25. The molecule has 0 bridgehead atoms. The Balaban J connectivity index is 2.08. The molecule has 9 nitrogen and oxygen atoms in total. The molecule has 0 heterocycles. The van der Waals surface area contributed by atoms with Crippen LogP contribution < -0.4 is 34.1 Å². The van der Waals surface area contributed by atoms with E-state index in [0.29, 0.717) is 45.7 Å². The van der Waals surface area contributed by atoms with Gasteiger partial charge in [0.25, 0.3) is 10.0 Å². The maximum atomic E-state index is 13.0. The summed E-state index contributed by atoms with van der Waals surface area (Å²) in [6, 6.07) is 12.7. The first-order valence-corrected chi connectivity index (χ1v) is 11.9. The maximum Gasteiger partial charge on any atom is 0.261 e. The van der Waals surface area contributed by atoms with Crippen LogP contribution in [0, 0.1) is 0 Å². The third-order valence-corrected chi connectivity index (χ3v) is 6.51. The smallest absolute Gasteiger partial charge is 0.261 e. The summed E-state index contributed by atoms with van der Waals surface area (Å²) in [6.45, 7) is 0. The lowest BCUT2D eigenvalue weighted by atomic mass is 10.1. The average Bonchev–Trinajstić information content (AvgIpc) is 2.86. The highest BCUT2D eigenvalue weighted by Crippen LogP contribution is 2.39. The monoisotopic (exact) mass is 500 g/mol. The number of methoxy groups -OCH3 is 5. The van der Waals surface area contributed by atoms with Gasteiger partial charge in [0.2, 0.25) is 5.75 Å². The van der Waals surface area contributed by atoms with Gasteiger partial charge in [-0.05, 0) is 48.0 Å². The van der Waals surface area contributed by atoms with Crippen LogP contribution in [0.5, 0.6) is 28.7 Å². The number of hydrogen-bond acceptors (Lipinski definition) is 8. The fourth-order valence-electron chi connectivity index (χ4n) is 3.36. The molecule has 0 amide bonds. The molecule has 0 radical (unpaired) electrons. The van der Waals surface area contributed by atoms with Crippen molar-refractivity contribution in [2.45, 2.75) is 4.90 Å². The van der Waals surface area contributed by atoms with E-state index in [-0.39, 0.29) is 4.90 Å². The van der Waals surface area contributed by atoms with Gasteiger partial charge in [0.15, 0.2) is 23.0 Å². The zero-order valence-electron chi connectivity index (χ0n) is 20.1. The van der Waals surface area contributed by atoms with Gasteiger partial charge in [-0.2, -0.15) is 0 Å². The molecule has 0 saturated carbocycles. The summed E-state index contributed by atoms with van der Waals surface area (Å²) in [7, 11) is 3.66. The first kappa shape index (κ1) is 25.6. The van der Waals surface area contributed by atoms with E-state index in [0.717, 1.165) is 5.56 Å². The predicted octanol–water partition coefficient (Wildman–Crippen LogP) is 4.28. The van der Waals surface area contributed by atoms with E-state index < -0.39 is 10.0 Å². The number of rotatable bonds is 10. The highest BCUT2D eigenvalue weighted by molar-refractivity contribution is 7.92. The summed E-state index contributed by atoms with van der Waals surface area (Å²) in [4.78, 5) is 0.0704. The van der Waals surface area contributed by atoms with Gasteiger partial charge in [-0.3, -0.25) is 4.72 Å². The van der Waals surface area contributed by atoms with Crippen LogP contribution in [0.4, 0.5) is 11.4 Å². The summed E-state index contributed by atoms with van der Waals surface area (Å²) in [5, 5.41) is 0. The SMILES string of the molecule is COc1cc(C=Cc2cc(OC)c(OC)c(OC)c2)c(NS(=O)(=O)c2ccc(N)cc2)cc1OC. The van der Waals surface area contributed by atoms with Crippen LogP contribution in [0.3, 0.4) is 0 Å². The lowest BCUT2D eigenvalue weighted by Gasteiger charge is -2.15. The van der Waals surface area contributed by atoms with Crippen molar-refractivity contribution in [2.24, 2.45) is 0 Å². The summed E-state index contributed by atoms with van der Waals surface area (Å²) in [5.41, 5.74) is 7.72. The Morgan fingerprint density at radius 2 is 1.26 bits per heavy atom. The highest BCUT2D eigenvalue weighted by atomic mass is 32.2. The first-order valence-electron chi connectivity index (χ1n) is 10.4. The largest absolute Gasteiger partial charge is 0.493 e. The lowest BCUT2D eigenvalue weighted by Crippen LogP contribution is -2.14. The maximum absolute atomic E-state index is 13.0. The summed E-state index contributed by atoms with van der Waals surface area (Å²) in [6.07, 6.45) is 3.52. The molecule has 0 saturated heterocycles. The van der Waals surface area contributed by atoms with Gasteiger partial charge < -0.3 is 29.4 Å². The number of ether oxygens (including phenoxy) is 5. The van der Waals surface area contributed by atoms with Crippen molar-refractivity contribution in [1.82, 2.24) is 0 Å². The van der Waals surface area contributed by atoms with E-state index >= 15 is 0 Å². The van der Waals surface area contributed by atoms with Gasteiger partial charge in [0.1, 0.15) is 0 Å². The zero-order chi connectivity index (χ0) is 25.6. The minimum absolute atomic E-state index is 0.0704. The van der Waals surface area contributed by atoms with Gasteiger partial charge >= 0.3 is 0 Å². The molecule has 0 aromatic heterocycles. The molecule has 0 unspecified atom stereocenters. The van der Waals surface area contributed by atoms with Gasteiger partial charge in [-0.15, -0.1) is 0 Å². The van der Waals surface area contributed by atoms with Gasteiger partial charge in [-0.1, -0.05) is 12.2 Å². The lowest BCUT2D eigenvalue weighted by molar-refractivity contribution is 0.324. The second-order valence-corrected chi connectivity index (χ2v) is 8.94. The Hall–Kier alpha value is -4.05. The number of benzene rings is 3. The van der Waals surface area contributed by atoms with Crippen molar-refractivity contribution >= 4 is 33.6 Å². The van der Waals surface area contributed by atoms with E-state index in [9.17, 15) is 8.42 Å². The van der Waals surface area contributed by atoms with Crippen LogP contribution in [0.1, 0.15) is 11.1 Å². The normalized spacial score (nSPS) is 11.2. The van der Waals surface area contributed by atoms with Crippen molar-refractivity contribution < 1.29 is 32.1 Å². The zero-order valence-corrected chi connectivity index (χ0v) is 20.9. The molecule has 35 heavy (non-hydrogen) atoms. The van der Waals surface area contributed by atoms with E-state index in [4.69, 9.17) is 29.4 Å². The van der Waals surface area contributed by atoms with Crippen LogP contribution in [0.25, 0.3) is 12.2 Å². The fraction of sp³-hybridized carbons (Fsp3) is 0.200. The summed E-state index contributed by atoms with van der Waals surface area (Å²) < 4.78 is 55.7. The fourth-order valence-corrected chi connectivity index (χ4v) is 4.43. The Morgan fingerprint density at radius 3 is 1.77 bits per heavy atom. The third kappa shape index (κ3) is 5.72. The summed E-state index contributed by atoms with van der Waals surface area (Å²) >= 11 is 0. The number of sulfonamides is 1. The van der Waals surface area contributed by atoms with E-state index in [1.165, 1.54) is 59.8 Å². The van der Waals surface area contributed by atoms with Crippen molar-refractivity contribution in [3.63, 3.8) is 0 Å². The standard InChI is InChI=1S/C25H28N2O7S/c1-30-21-14-17(7-6-16-12-23(32-3)25(34-5)24(13-16)33-4)20(15-22(21)31-2)27-35(28,29)19-10-8-18(26)9-11-19/h6-15,27H,26H2,1-5H3. The molecular formula is C25H28N2O7S. The minimum Gasteiger partial charge on any atom is -0.493 e. The Labute approximate surface area is 205 Å². The number of nitrogen functional groups attached to an aromatic ring is 1. The molecule has 10 heteroatoms. The van der Waals surface area contributed by atoms with Gasteiger partial charge in [0.05, 0.1) is 46.1 Å². The molecule has 0 atom stereocenters. The average molecular weight is 501 g/mol. The van der Waals surface area contributed by atoms with Crippen molar-refractivity contribution in [3.8, 4) is 28.7 Å². The molecule has 0 aliphatic rings. The van der Waals surface area contributed by atoms with Crippen molar-refractivity contribution in [1.29, 1.82) is 0 Å². The van der Waals surface area contributed by atoms with Gasteiger partial charge in [-0.25, -0.2) is 8.42 Å². The van der Waals surface area contributed by atoms with E-state index in [1.54, 1.807) is 36.4 Å². The molecule has 3 aromatic rings. The van der Waals surface area contributed by atoms with Crippen LogP contribution in [0.15, 0.2) is 53.4 Å². The molecule has 0 aliphatic carbocycles. The number of nitrogens with two attached hydrogens (primary N) is 1. The minimum atomic E-state index is -3.90. The van der Waals surface area contributed by atoms with Crippen LogP contribution in [-0.2, 0) is 10.0 Å². The molecular weight excluding hydrogens is 472 g/mol. The molecule has 0 fully saturated rings. The second kappa shape index (κ2) is 10.9. The second-order valence-electron chi connectivity index (χ2n) is 7.26. The Morgan fingerprint density at radius 1 is 0.714 bits per heavy atom. The van der Waals surface area contributed by atoms with Crippen molar-refractivity contribution in [2.75, 3.05) is 46.0 Å². The van der Waals surface area contributed by atoms with Crippen LogP contribution >= 0.6 is 0 Å². The van der Waals surface area contributed by atoms with Gasteiger partial charge in [0, 0.05) is 17.3 Å². The number of anilines is 2. The Kier molecular flexibility index (Phi) is 7.98. The van der Waals surface area contributed by atoms with Crippen LogP contribution in [0.2, 0.25) is 0 Å².